The highest BCUT2D eigenvalue weighted by atomic mass is 16.3. The molecule has 58 heavy (non-hydrogen) atoms. The first kappa shape index (κ1) is 33.3. The largest absolute Gasteiger partial charge is 0.455 e. The van der Waals surface area contributed by atoms with Crippen LogP contribution in [0.4, 0.5) is 17.1 Å². The van der Waals surface area contributed by atoms with Crippen molar-refractivity contribution >= 4 is 60.5 Å². The summed E-state index contributed by atoms with van der Waals surface area (Å²) < 4.78 is 6.53. The van der Waals surface area contributed by atoms with Crippen molar-refractivity contribution in [3.8, 4) is 33.4 Å². The summed E-state index contributed by atoms with van der Waals surface area (Å²) in [5.74, 6) is 0. The van der Waals surface area contributed by atoms with Gasteiger partial charge in [0.2, 0.25) is 0 Å². The van der Waals surface area contributed by atoms with Crippen molar-refractivity contribution in [2.45, 2.75) is 38.5 Å². The monoisotopic (exact) mass is 743 g/mol. The van der Waals surface area contributed by atoms with E-state index in [-0.39, 0.29) is 10.8 Å². The van der Waals surface area contributed by atoms with Crippen LogP contribution < -0.4 is 4.90 Å². The molecule has 0 N–H and O–H groups in total. The van der Waals surface area contributed by atoms with Crippen LogP contribution in [0.1, 0.15) is 49.9 Å². The minimum atomic E-state index is -0.192. The summed E-state index contributed by atoms with van der Waals surface area (Å²) in [4.78, 5) is 2.58. The lowest BCUT2D eigenvalue weighted by Gasteiger charge is -2.33. The maximum Gasteiger partial charge on any atom is 0.143 e. The Balaban J connectivity index is 1.18. The van der Waals surface area contributed by atoms with E-state index in [0.29, 0.717) is 0 Å². The van der Waals surface area contributed by atoms with Gasteiger partial charge >= 0.3 is 0 Å². The molecule has 1 aromatic heterocycles. The van der Waals surface area contributed by atoms with Crippen molar-refractivity contribution in [2.24, 2.45) is 0 Å². The molecule has 10 aromatic rings. The zero-order chi connectivity index (χ0) is 38.9. The first-order chi connectivity index (χ1) is 28.3. The van der Waals surface area contributed by atoms with E-state index in [2.05, 4.69) is 202 Å². The predicted molar refractivity (Wildman–Crippen MR) is 244 cm³/mol. The van der Waals surface area contributed by atoms with Crippen LogP contribution in [0, 0.1) is 0 Å². The van der Waals surface area contributed by atoms with Crippen LogP contribution in [-0.2, 0) is 10.8 Å². The molecule has 0 saturated heterocycles. The molecular weight excluding hydrogens is 703 g/mol. The Labute approximate surface area is 338 Å². The number of benzene rings is 9. The Morgan fingerprint density at radius 2 is 0.879 bits per heavy atom. The lowest BCUT2D eigenvalue weighted by Crippen LogP contribution is -2.18. The van der Waals surface area contributed by atoms with E-state index < -0.39 is 0 Å². The van der Waals surface area contributed by atoms with Gasteiger partial charge < -0.3 is 9.32 Å². The molecule has 0 radical (unpaired) electrons. The molecule has 2 heteroatoms. The van der Waals surface area contributed by atoms with Gasteiger partial charge in [0.25, 0.3) is 0 Å². The maximum atomic E-state index is 6.53. The number of hydrogen-bond acceptors (Lipinski definition) is 2. The summed E-state index contributed by atoms with van der Waals surface area (Å²) in [5.41, 5.74) is 17.9. The second-order valence-corrected chi connectivity index (χ2v) is 17.2. The fraction of sp³-hybridized carbons (Fsp3) is 0.107. The van der Waals surface area contributed by atoms with Crippen molar-refractivity contribution in [3.05, 3.63) is 198 Å². The number of anilines is 3. The lowest BCUT2D eigenvalue weighted by atomic mass is 9.79. The molecule has 0 amide bonds. The molecule has 0 spiro atoms. The van der Waals surface area contributed by atoms with Gasteiger partial charge in [-0.25, -0.2) is 0 Å². The second kappa shape index (κ2) is 11.8. The highest BCUT2D eigenvalue weighted by Gasteiger charge is 2.42. The van der Waals surface area contributed by atoms with E-state index in [1.807, 2.05) is 6.07 Å². The van der Waals surface area contributed by atoms with Gasteiger partial charge in [0.05, 0.1) is 11.4 Å². The van der Waals surface area contributed by atoms with Crippen molar-refractivity contribution in [1.82, 2.24) is 0 Å². The van der Waals surface area contributed by atoms with Gasteiger partial charge in [-0.1, -0.05) is 173 Å². The Morgan fingerprint density at radius 3 is 1.47 bits per heavy atom. The highest BCUT2D eigenvalue weighted by Crippen LogP contribution is 2.60. The summed E-state index contributed by atoms with van der Waals surface area (Å²) >= 11 is 0. The van der Waals surface area contributed by atoms with Gasteiger partial charge in [0, 0.05) is 44.0 Å². The minimum Gasteiger partial charge on any atom is -0.455 e. The van der Waals surface area contributed by atoms with E-state index in [4.69, 9.17) is 4.42 Å². The van der Waals surface area contributed by atoms with E-state index in [1.165, 1.54) is 77.4 Å². The zero-order valence-corrected chi connectivity index (χ0v) is 33.1. The topological polar surface area (TPSA) is 16.4 Å². The number of fused-ring (bicyclic) bond motifs is 13. The highest BCUT2D eigenvalue weighted by molar-refractivity contribution is 6.12. The van der Waals surface area contributed by atoms with Crippen LogP contribution in [0.5, 0.6) is 0 Å². The molecule has 12 rings (SSSR count). The third-order valence-corrected chi connectivity index (χ3v) is 13.4. The molecule has 0 unspecified atom stereocenters. The van der Waals surface area contributed by atoms with Gasteiger partial charge in [-0.3, -0.25) is 0 Å². The molecule has 9 aromatic carbocycles. The zero-order valence-electron chi connectivity index (χ0n) is 33.1. The predicted octanol–water partition coefficient (Wildman–Crippen LogP) is 15.6. The first-order valence-corrected chi connectivity index (χ1v) is 20.4. The summed E-state index contributed by atoms with van der Waals surface area (Å²) in [7, 11) is 0. The third-order valence-electron chi connectivity index (χ3n) is 13.4. The van der Waals surface area contributed by atoms with Crippen molar-refractivity contribution in [1.29, 1.82) is 0 Å². The van der Waals surface area contributed by atoms with Crippen LogP contribution in [-0.4, -0.2) is 0 Å². The molecule has 0 fully saturated rings. The first-order valence-electron chi connectivity index (χ1n) is 20.4. The lowest BCUT2D eigenvalue weighted by molar-refractivity contribution is 0.666. The molecule has 0 bridgehead atoms. The molecule has 1 heterocycles. The van der Waals surface area contributed by atoms with E-state index in [0.717, 1.165) is 38.8 Å². The van der Waals surface area contributed by atoms with E-state index >= 15 is 0 Å². The molecule has 0 atom stereocenters. The van der Waals surface area contributed by atoms with Crippen LogP contribution in [0.2, 0.25) is 0 Å². The Bertz CT molecular complexity index is 3200. The van der Waals surface area contributed by atoms with Gasteiger partial charge in [-0.05, 0) is 90.8 Å². The molecule has 276 valence electrons. The number of hydrogen-bond donors (Lipinski definition) is 0. The quantitative estimate of drug-likeness (QED) is 0.178. The average molecular weight is 744 g/mol. The van der Waals surface area contributed by atoms with Gasteiger partial charge in [0.1, 0.15) is 11.2 Å². The standard InChI is InChI=1S/C56H41NO/c1-55(2)45-25-12-9-21-43(45)50-47(32-35-16-5-7-18-38(35)52(50)55)57(37-30-28-34(29-31-37)40-23-15-24-42-41-20-11-14-27-49(41)58-54(40)42)48-33-36-17-6-8-19-39(36)53-51(48)44-22-10-13-26-46(44)56(53,3)4/h5-33H,1-4H3. The van der Waals surface area contributed by atoms with Crippen molar-refractivity contribution in [2.75, 3.05) is 4.90 Å². The van der Waals surface area contributed by atoms with E-state index in [9.17, 15) is 0 Å². The third kappa shape index (κ3) is 4.43. The number of rotatable bonds is 4. The number of para-hydroxylation sites is 2. The Morgan fingerprint density at radius 1 is 0.414 bits per heavy atom. The average Bonchev–Trinajstić information content (AvgIpc) is 3.84. The molecule has 2 aliphatic carbocycles. The SMILES string of the molecule is CC1(C)c2ccccc2-c2c(N(c3ccc(-c4cccc5c4oc4ccccc45)cc3)c3cc4ccccc4c4c3-c3ccccc3C4(C)C)cc3ccccc3c21. The summed E-state index contributed by atoms with van der Waals surface area (Å²) in [6.45, 7) is 9.60. The normalized spacial score (nSPS) is 14.5. The fourth-order valence-electron chi connectivity index (χ4n) is 10.8. The van der Waals surface area contributed by atoms with E-state index in [1.54, 1.807) is 0 Å². The minimum absolute atomic E-state index is 0.192. The van der Waals surface area contributed by atoms with Crippen molar-refractivity contribution in [3.63, 3.8) is 0 Å². The second-order valence-electron chi connectivity index (χ2n) is 17.2. The molecular formula is C56H41NO. The van der Waals surface area contributed by atoms with Crippen LogP contribution in [0.3, 0.4) is 0 Å². The summed E-state index contributed by atoms with van der Waals surface area (Å²) in [5, 5.41) is 7.39. The smallest absolute Gasteiger partial charge is 0.143 e. The molecule has 0 saturated carbocycles. The Kier molecular flexibility index (Phi) is 6.78. The number of nitrogens with zero attached hydrogens (tertiary/aromatic N) is 1. The maximum absolute atomic E-state index is 6.53. The fourth-order valence-corrected chi connectivity index (χ4v) is 10.8. The summed E-state index contributed by atoms with van der Waals surface area (Å²) in [6.07, 6.45) is 0. The van der Waals surface area contributed by atoms with Crippen LogP contribution in [0.15, 0.2) is 180 Å². The molecule has 2 aliphatic rings. The molecule has 0 aliphatic heterocycles. The van der Waals surface area contributed by atoms with Crippen molar-refractivity contribution < 1.29 is 4.42 Å². The van der Waals surface area contributed by atoms with Gasteiger partial charge in [-0.2, -0.15) is 0 Å². The summed E-state index contributed by atoms with van der Waals surface area (Å²) in [6, 6.07) is 65.0. The van der Waals surface area contributed by atoms with Gasteiger partial charge in [-0.15, -0.1) is 0 Å². The molecule has 2 nitrogen and oxygen atoms in total. The van der Waals surface area contributed by atoms with Crippen LogP contribution >= 0.6 is 0 Å². The number of furan rings is 1. The van der Waals surface area contributed by atoms with Crippen LogP contribution in [0.25, 0.3) is 76.9 Å². The Hall–Kier alpha value is -6.90. The van der Waals surface area contributed by atoms with Gasteiger partial charge in [0.15, 0.2) is 0 Å².